The fourth-order valence-electron chi connectivity index (χ4n) is 2.68. The molecule has 0 N–H and O–H groups in total. The molecular formula is C14H15BrN2O3. The van der Waals surface area contributed by atoms with Crippen LogP contribution in [0.15, 0.2) is 28.7 Å². The average Bonchev–Trinajstić information content (AvgIpc) is 2.76. The number of para-hydroxylation sites is 1. The predicted octanol–water partition coefficient (Wildman–Crippen LogP) is 1.41. The molecule has 6 heteroatoms. The highest BCUT2D eigenvalue weighted by Crippen LogP contribution is 2.31. The van der Waals surface area contributed by atoms with Gasteiger partial charge in [-0.05, 0) is 28.1 Å². The van der Waals surface area contributed by atoms with Gasteiger partial charge in [0, 0.05) is 17.6 Å². The number of hydrogen-bond acceptors (Lipinski definition) is 4. The normalized spacial score (nSPS) is 24.4. The Morgan fingerprint density at radius 3 is 2.55 bits per heavy atom. The molecule has 0 bridgehead atoms. The summed E-state index contributed by atoms with van der Waals surface area (Å²) in [6.45, 7) is 2.64. The molecule has 106 valence electrons. The van der Waals surface area contributed by atoms with Crippen LogP contribution < -0.4 is 4.90 Å². The van der Waals surface area contributed by atoms with Gasteiger partial charge in [0.15, 0.2) is 0 Å². The molecule has 2 saturated heterocycles. The molecule has 2 amide bonds. The van der Waals surface area contributed by atoms with Crippen LogP contribution in [0.3, 0.4) is 0 Å². The monoisotopic (exact) mass is 338 g/mol. The maximum atomic E-state index is 12.6. The molecule has 5 nitrogen and oxygen atoms in total. The Morgan fingerprint density at radius 1 is 1.15 bits per heavy atom. The van der Waals surface area contributed by atoms with E-state index in [9.17, 15) is 9.59 Å². The van der Waals surface area contributed by atoms with E-state index in [1.54, 1.807) is 6.07 Å². The Balaban J connectivity index is 1.85. The molecule has 0 radical (unpaired) electrons. The SMILES string of the molecule is O=C1C[C@H](N2CCOCC2)C(=O)N1c1ccccc1Br. The van der Waals surface area contributed by atoms with E-state index in [0.29, 0.717) is 32.0 Å². The highest BCUT2D eigenvalue weighted by Gasteiger charge is 2.43. The zero-order valence-corrected chi connectivity index (χ0v) is 12.5. The Bertz CT molecular complexity index is 543. The summed E-state index contributed by atoms with van der Waals surface area (Å²) < 4.78 is 6.05. The van der Waals surface area contributed by atoms with Crippen LogP contribution in [0.5, 0.6) is 0 Å². The first-order valence-electron chi connectivity index (χ1n) is 6.61. The van der Waals surface area contributed by atoms with Crippen LogP contribution in [-0.2, 0) is 14.3 Å². The van der Waals surface area contributed by atoms with Gasteiger partial charge in [-0.3, -0.25) is 14.5 Å². The van der Waals surface area contributed by atoms with Crippen LogP contribution in [0.4, 0.5) is 5.69 Å². The fraction of sp³-hybridized carbons (Fsp3) is 0.429. The smallest absolute Gasteiger partial charge is 0.251 e. The summed E-state index contributed by atoms with van der Waals surface area (Å²) in [4.78, 5) is 28.1. The molecule has 1 atom stereocenters. The Morgan fingerprint density at radius 2 is 1.85 bits per heavy atom. The largest absolute Gasteiger partial charge is 0.379 e. The summed E-state index contributed by atoms with van der Waals surface area (Å²) in [7, 11) is 0. The van der Waals surface area contributed by atoms with E-state index < -0.39 is 0 Å². The molecule has 1 aromatic carbocycles. The first-order valence-corrected chi connectivity index (χ1v) is 7.41. The summed E-state index contributed by atoms with van der Waals surface area (Å²) >= 11 is 3.40. The number of benzene rings is 1. The van der Waals surface area contributed by atoms with Gasteiger partial charge in [-0.25, -0.2) is 4.90 Å². The molecular weight excluding hydrogens is 324 g/mol. The average molecular weight is 339 g/mol. The summed E-state index contributed by atoms with van der Waals surface area (Å²) in [6, 6.07) is 6.94. The lowest BCUT2D eigenvalue weighted by Crippen LogP contribution is -2.47. The van der Waals surface area contributed by atoms with E-state index in [2.05, 4.69) is 15.9 Å². The minimum Gasteiger partial charge on any atom is -0.379 e. The minimum absolute atomic E-state index is 0.135. The second-order valence-corrected chi connectivity index (χ2v) is 5.74. The second-order valence-electron chi connectivity index (χ2n) is 4.89. The van der Waals surface area contributed by atoms with Crippen LogP contribution in [0.1, 0.15) is 6.42 Å². The molecule has 0 saturated carbocycles. The number of halogens is 1. The molecule has 20 heavy (non-hydrogen) atoms. The number of nitrogens with zero attached hydrogens (tertiary/aromatic N) is 2. The number of morpholine rings is 1. The van der Waals surface area contributed by atoms with Gasteiger partial charge in [-0.2, -0.15) is 0 Å². The van der Waals surface area contributed by atoms with Crippen molar-refractivity contribution in [1.82, 2.24) is 4.90 Å². The highest BCUT2D eigenvalue weighted by atomic mass is 79.9. The van der Waals surface area contributed by atoms with E-state index in [0.717, 1.165) is 4.47 Å². The van der Waals surface area contributed by atoms with Crippen molar-refractivity contribution in [3.63, 3.8) is 0 Å². The number of hydrogen-bond donors (Lipinski definition) is 0. The summed E-state index contributed by atoms with van der Waals surface area (Å²) in [5.74, 6) is -0.276. The van der Waals surface area contributed by atoms with Gasteiger partial charge in [0.25, 0.3) is 5.91 Å². The second kappa shape index (κ2) is 5.63. The van der Waals surface area contributed by atoms with Gasteiger partial charge in [0.2, 0.25) is 5.91 Å². The molecule has 1 aromatic rings. The molecule has 0 unspecified atom stereocenters. The van der Waals surface area contributed by atoms with E-state index in [4.69, 9.17) is 4.74 Å². The van der Waals surface area contributed by atoms with Crippen LogP contribution in [0.25, 0.3) is 0 Å². The van der Waals surface area contributed by atoms with Crippen molar-refractivity contribution in [2.75, 3.05) is 31.2 Å². The summed E-state index contributed by atoms with van der Waals surface area (Å²) in [5, 5.41) is 0. The van der Waals surface area contributed by atoms with Crippen molar-refractivity contribution in [1.29, 1.82) is 0 Å². The van der Waals surface area contributed by atoms with E-state index in [-0.39, 0.29) is 24.3 Å². The van der Waals surface area contributed by atoms with E-state index in [1.807, 2.05) is 23.1 Å². The Labute approximate surface area is 125 Å². The maximum Gasteiger partial charge on any atom is 0.251 e. The van der Waals surface area contributed by atoms with Gasteiger partial charge in [0.05, 0.1) is 31.4 Å². The number of carbonyl (C=O) groups excluding carboxylic acids is 2. The lowest BCUT2D eigenvalue weighted by atomic mass is 10.2. The van der Waals surface area contributed by atoms with Crippen molar-refractivity contribution in [2.45, 2.75) is 12.5 Å². The predicted molar refractivity (Wildman–Crippen MR) is 77.4 cm³/mol. The van der Waals surface area contributed by atoms with Crippen LogP contribution >= 0.6 is 15.9 Å². The number of rotatable bonds is 2. The lowest BCUT2D eigenvalue weighted by molar-refractivity contribution is -0.123. The third kappa shape index (κ3) is 2.39. The molecule has 2 aliphatic rings. The molecule has 0 aliphatic carbocycles. The van der Waals surface area contributed by atoms with Gasteiger partial charge >= 0.3 is 0 Å². The summed E-state index contributed by atoms with van der Waals surface area (Å²) in [5.41, 5.74) is 0.623. The Hall–Kier alpha value is -1.24. The molecule has 0 spiro atoms. The highest BCUT2D eigenvalue weighted by molar-refractivity contribution is 9.10. The van der Waals surface area contributed by atoms with Gasteiger partial charge < -0.3 is 4.74 Å². The molecule has 2 fully saturated rings. The van der Waals surface area contributed by atoms with Gasteiger partial charge in [-0.1, -0.05) is 12.1 Å². The first-order chi connectivity index (χ1) is 9.68. The van der Waals surface area contributed by atoms with Gasteiger partial charge in [-0.15, -0.1) is 0 Å². The Kier molecular flexibility index (Phi) is 3.87. The van der Waals surface area contributed by atoms with Crippen LogP contribution in [0, 0.1) is 0 Å². The van der Waals surface area contributed by atoms with E-state index in [1.165, 1.54) is 4.90 Å². The zero-order valence-electron chi connectivity index (χ0n) is 10.9. The van der Waals surface area contributed by atoms with Crippen molar-refractivity contribution in [2.24, 2.45) is 0 Å². The fourth-order valence-corrected chi connectivity index (χ4v) is 3.14. The first kappa shape index (κ1) is 13.7. The van der Waals surface area contributed by atoms with Crippen molar-refractivity contribution in [3.8, 4) is 0 Å². The number of anilines is 1. The van der Waals surface area contributed by atoms with Crippen LogP contribution in [-0.4, -0.2) is 49.1 Å². The van der Waals surface area contributed by atoms with Crippen LogP contribution in [0.2, 0.25) is 0 Å². The third-order valence-electron chi connectivity index (χ3n) is 3.70. The zero-order chi connectivity index (χ0) is 14.1. The lowest BCUT2D eigenvalue weighted by Gasteiger charge is -2.30. The van der Waals surface area contributed by atoms with Crippen molar-refractivity contribution in [3.05, 3.63) is 28.7 Å². The minimum atomic E-state index is -0.349. The van der Waals surface area contributed by atoms with Gasteiger partial charge in [0.1, 0.15) is 0 Å². The molecule has 0 aromatic heterocycles. The topological polar surface area (TPSA) is 49.9 Å². The molecule has 2 aliphatic heterocycles. The molecule has 3 rings (SSSR count). The third-order valence-corrected chi connectivity index (χ3v) is 4.37. The number of carbonyl (C=O) groups is 2. The molecule has 2 heterocycles. The quantitative estimate of drug-likeness (QED) is 0.765. The van der Waals surface area contributed by atoms with Crippen molar-refractivity contribution < 1.29 is 14.3 Å². The summed E-state index contributed by atoms with van der Waals surface area (Å²) in [6.07, 6.45) is 0.250. The van der Waals surface area contributed by atoms with E-state index >= 15 is 0 Å². The number of imide groups is 1. The number of amides is 2. The standard InChI is InChI=1S/C14H15BrN2O3/c15-10-3-1-2-4-11(10)17-13(18)9-12(14(17)19)16-5-7-20-8-6-16/h1-4,12H,5-9H2/t12-/m0/s1. The number of ether oxygens (including phenoxy) is 1. The van der Waals surface area contributed by atoms with Crippen molar-refractivity contribution >= 4 is 33.4 Å². The maximum absolute atomic E-state index is 12.6.